The van der Waals surface area contributed by atoms with Crippen LogP contribution in [0.3, 0.4) is 0 Å². The zero-order valence-electron chi connectivity index (χ0n) is 12.7. The van der Waals surface area contributed by atoms with E-state index in [2.05, 4.69) is 16.5 Å². The van der Waals surface area contributed by atoms with Gasteiger partial charge >= 0.3 is 0 Å². The van der Waals surface area contributed by atoms with E-state index in [1.54, 1.807) is 6.92 Å². The van der Waals surface area contributed by atoms with Crippen LogP contribution in [-0.2, 0) is 19.3 Å². The summed E-state index contributed by atoms with van der Waals surface area (Å²) in [7, 11) is 0. The van der Waals surface area contributed by atoms with Crippen molar-refractivity contribution in [1.29, 1.82) is 5.26 Å². The van der Waals surface area contributed by atoms with Crippen molar-refractivity contribution in [3.05, 3.63) is 33.0 Å². The lowest BCUT2D eigenvalue weighted by molar-refractivity contribution is 0.102. The summed E-state index contributed by atoms with van der Waals surface area (Å²) in [6.45, 7) is 3.66. The maximum Gasteiger partial charge on any atom is 0.261 e. The molecule has 0 radical (unpaired) electrons. The van der Waals surface area contributed by atoms with Gasteiger partial charge in [-0.25, -0.2) is 0 Å². The summed E-state index contributed by atoms with van der Waals surface area (Å²) in [6, 6.07) is 2.25. The Labute approximate surface area is 132 Å². The number of thiophene rings is 1. The minimum atomic E-state index is -0.245. The topological polar surface area (TPSA) is 78.9 Å². The fourth-order valence-electron chi connectivity index (χ4n) is 2.89. The van der Waals surface area contributed by atoms with Crippen molar-refractivity contribution in [2.75, 3.05) is 5.32 Å². The number of hydrogen-bond acceptors (Lipinski definition) is 5. The molecule has 0 unspecified atom stereocenters. The van der Waals surface area contributed by atoms with Gasteiger partial charge in [-0.05, 0) is 44.6 Å². The van der Waals surface area contributed by atoms with Gasteiger partial charge in [-0.15, -0.1) is 11.3 Å². The molecule has 2 aromatic heterocycles. The van der Waals surface area contributed by atoms with Crippen LogP contribution in [0.1, 0.15) is 57.6 Å². The lowest BCUT2D eigenvalue weighted by Crippen LogP contribution is -2.14. The highest BCUT2D eigenvalue weighted by molar-refractivity contribution is 7.16. The smallest absolute Gasteiger partial charge is 0.261 e. The molecule has 5 nitrogen and oxygen atoms in total. The Morgan fingerprint density at radius 3 is 2.95 bits per heavy atom. The molecule has 1 aliphatic rings. The molecule has 1 amide bonds. The van der Waals surface area contributed by atoms with Gasteiger partial charge in [-0.2, -0.15) is 5.26 Å². The lowest BCUT2D eigenvalue weighted by Gasteiger charge is -2.09. The van der Waals surface area contributed by atoms with Crippen LogP contribution in [0, 0.1) is 18.3 Å². The number of carbonyl (C=O) groups excluding carboxylic acids is 1. The molecule has 0 saturated heterocycles. The predicted octanol–water partition coefficient (Wildman–Crippen LogP) is 3.61. The van der Waals surface area contributed by atoms with Crippen molar-refractivity contribution in [1.82, 2.24) is 5.16 Å². The van der Waals surface area contributed by atoms with E-state index in [9.17, 15) is 10.1 Å². The van der Waals surface area contributed by atoms with Gasteiger partial charge < -0.3 is 9.84 Å². The number of nitriles is 1. The minimum absolute atomic E-state index is 0.245. The van der Waals surface area contributed by atoms with Crippen LogP contribution < -0.4 is 5.32 Å². The third-order valence-corrected chi connectivity index (χ3v) is 5.21. The quantitative estimate of drug-likeness (QED) is 0.938. The van der Waals surface area contributed by atoms with Gasteiger partial charge in [0.15, 0.2) is 0 Å². The molecule has 0 spiro atoms. The fourth-order valence-corrected chi connectivity index (χ4v) is 4.12. The van der Waals surface area contributed by atoms with Gasteiger partial charge in [0.25, 0.3) is 5.91 Å². The molecule has 1 N–H and O–H groups in total. The Balaban J connectivity index is 1.93. The van der Waals surface area contributed by atoms with E-state index in [-0.39, 0.29) is 5.91 Å². The van der Waals surface area contributed by atoms with Crippen molar-refractivity contribution < 1.29 is 9.32 Å². The molecule has 0 atom stereocenters. The summed E-state index contributed by atoms with van der Waals surface area (Å²) >= 11 is 1.53. The molecule has 0 saturated carbocycles. The molecule has 114 valence electrons. The van der Waals surface area contributed by atoms with E-state index in [4.69, 9.17) is 4.52 Å². The fraction of sp³-hybridized carbons (Fsp3) is 0.438. The average Bonchev–Trinajstić information content (AvgIpc) is 3.06. The molecule has 0 aromatic carbocycles. The van der Waals surface area contributed by atoms with Crippen LogP contribution in [0.4, 0.5) is 5.00 Å². The van der Waals surface area contributed by atoms with Crippen LogP contribution in [0.2, 0.25) is 0 Å². The van der Waals surface area contributed by atoms with Crippen LogP contribution in [0.5, 0.6) is 0 Å². The van der Waals surface area contributed by atoms with Crippen molar-refractivity contribution in [3.8, 4) is 6.07 Å². The largest absolute Gasteiger partial charge is 0.361 e. The summed E-state index contributed by atoms with van der Waals surface area (Å²) in [5.41, 5.74) is 2.87. The number of nitrogens with zero attached hydrogens (tertiary/aromatic N) is 2. The number of anilines is 1. The highest BCUT2D eigenvalue weighted by Gasteiger charge is 2.24. The van der Waals surface area contributed by atoms with Gasteiger partial charge in [0.2, 0.25) is 0 Å². The van der Waals surface area contributed by atoms with E-state index < -0.39 is 0 Å². The Bertz CT molecular complexity index is 767. The number of aromatic nitrogens is 1. The second kappa shape index (κ2) is 5.93. The molecular weight excluding hydrogens is 298 g/mol. The number of rotatable bonds is 3. The Hall–Kier alpha value is -2.13. The van der Waals surface area contributed by atoms with E-state index in [1.807, 2.05) is 6.92 Å². The Morgan fingerprint density at radius 2 is 2.23 bits per heavy atom. The first-order valence-electron chi connectivity index (χ1n) is 7.46. The number of aryl methyl sites for hydroxylation is 3. The maximum absolute atomic E-state index is 12.5. The standard InChI is InChI=1S/C16H17N3O2S/c1-3-12-14(9(2)21-19-12)15(20)18-16-11(8-17)10-6-4-5-7-13(10)22-16/h3-7H2,1-2H3,(H,18,20). The summed E-state index contributed by atoms with van der Waals surface area (Å²) in [5.74, 6) is 0.264. The van der Waals surface area contributed by atoms with Crippen molar-refractivity contribution in [3.63, 3.8) is 0 Å². The van der Waals surface area contributed by atoms with Crippen LogP contribution in [0.25, 0.3) is 0 Å². The van der Waals surface area contributed by atoms with Gasteiger partial charge in [-0.1, -0.05) is 12.1 Å². The zero-order valence-corrected chi connectivity index (χ0v) is 13.5. The number of nitrogens with one attached hydrogen (secondary N) is 1. The van der Waals surface area contributed by atoms with E-state index in [1.165, 1.54) is 16.2 Å². The van der Waals surface area contributed by atoms with Crippen LogP contribution >= 0.6 is 11.3 Å². The summed E-state index contributed by atoms with van der Waals surface area (Å²) in [4.78, 5) is 13.8. The summed E-state index contributed by atoms with van der Waals surface area (Å²) in [6.07, 6.45) is 4.81. The second-order valence-corrected chi connectivity index (χ2v) is 6.50. The molecule has 2 aromatic rings. The summed E-state index contributed by atoms with van der Waals surface area (Å²) in [5, 5.41) is 16.9. The molecule has 0 fully saturated rings. The SMILES string of the molecule is CCc1noc(C)c1C(=O)Nc1sc2c(c1C#N)CCCC2. The number of amides is 1. The molecule has 0 aliphatic heterocycles. The molecular formula is C16H17N3O2S. The molecule has 0 bridgehead atoms. The molecule has 3 rings (SSSR count). The number of carbonyl (C=O) groups is 1. The molecule has 1 aliphatic carbocycles. The van der Waals surface area contributed by atoms with E-state index >= 15 is 0 Å². The summed E-state index contributed by atoms with van der Waals surface area (Å²) < 4.78 is 5.11. The first-order valence-corrected chi connectivity index (χ1v) is 8.28. The first kappa shape index (κ1) is 14.8. The monoisotopic (exact) mass is 315 g/mol. The highest BCUT2D eigenvalue weighted by atomic mass is 32.1. The first-order chi connectivity index (χ1) is 10.7. The lowest BCUT2D eigenvalue weighted by atomic mass is 9.96. The Morgan fingerprint density at radius 1 is 1.45 bits per heavy atom. The second-order valence-electron chi connectivity index (χ2n) is 5.39. The van der Waals surface area contributed by atoms with Crippen molar-refractivity contribution >= 4 is 22.2 Å². The van der Waals surface area contributed by atoms with Gasteiger partial charge in [0.1, 0.15) is 22.4 Å². The van der Waals surface area contributed by atoms with Gasteiger partial charge in [0, 0.05) is 4.88 Å². The number of hydrogen-bond donors (Lipinski definition) is 1. The molecule has 6 heteroatoms. The van der Waals surface area contributed by atoms with Crippen molar-refractivity contribution in [2.24, 2.45) is 0 Å². The van der Waals surface area contributed by atoms with Crippen molar-refractivity contribution in [2.45, 2.75) is 46.0 Å². The van der Waals surface area contributed by atoms with Crippen LogP contribution in [0.15, 0.2) is 4.52 Å². The normalized spacial score (nSPS) is 13.5. The molecule has 2 heterocycles. The van der Waals surface area contributed by atoms with Crippen LogP contribution in [-0.4, -0.2) is 11.1 Å². The highest BCUT2D eigenvalue weighted by Crippen LogP contribution is 2.37. The van der Waals surface area contributed by atoms with Gasteiger partial charge in [-0.3, -0.25) is 4.79 Å². The average molecular weight is 315 g/mol. The third-order valence-electron chi connectivity index (χ3n) is 4.01. The zero-order chi connectivity index (χ0) is 15.7. The van der Waals surface area contributed by atoms with E-state index in [0.29, 0.717) is 34.0 Å². The van der Waals surface area contributed by atoms with E-state index in [0.717, 1.165) is 31.2 Å². The molecule has 22 heavy (non-hydrogen) atoms. The Kier molecular flexibility index (Phi) is 3.99. The number of fused-ring (bicyclic) bond motifs is 1. The third kappa shape index (κ3) is 2.42. The predicted molar refractivity (Wildman–Crippen MR) is 84.2 cm³/mol. The van der Waals surface area contributed by atoms with Gasteiger partial charge in [0.05, 0.1) is 11.3 Å². The minimum Gasteiger partial charge on any atom is -0.361 e. The maximum atomic E-state index is 12.5.